The number of nitrogens with two attached hydrogens (primary N) is 1. The molecule has 0 aromatic carbocycles. The van der Waals surface area contributed by atoms with E-state index in [0.29, 0.717) is 17.5 Å². The van der Waals surface area contributed by atoms with Gasteiger partial charge >= 0.3 is 0 Å². The molecular weight excluding hydrogens is 282 g/mol. The number of pyridine rings is 1. The van der Waals surface area contributed by atoms with Crippen LogP contribution in [0.2, 0.25) is 0 Å². The standard InChI is InChI=1S/C16H21N3OS/c1-10-7-13(21-11(10)2)8-18-15-6-5-14(17)16(19-15)20-9-12-3-4-12/h5-7,12H,3-4,8-9,17H2,1-2H3,(H,18,19). The average molecular weight is 303 g/mol. The molecule has 0 aliphatic heterocycles. The number of rotatable bonds is 6. The lowest BCUT2D eigenvalue weighted by Crippen LogP contribution is -2.06. The minimum absolute atomic E-state index is 0.547. The van der Waals surface area contributed by atoms with Gasteiger partial charge in [0.25, 0.3) is 0 Å². The maximum Gasteiger partial charge on any atom is 0.239 e. The van der Waals surface area contributed by atoms with Gasteiger partial charge in [-0.1, -0.05) is 0 Å². The van der Waals surface area contributed by atoms with Crippen molar-refractivity contribution in [1.82, 2.24) is 4.98 Å². The number of hydrogen-bond donors (Lipinski definition) is 2. The topological polar surface area (TPSA) is 60.2 Å². The molecule has 5 heteroatoms. The van der Waals surface area contributed by atoms with Crippen LogP contribution < -0.4 is 15.8 Å². The Hall–Kier alpha value is -1.75. The number of aryl methyl sites for hydroxylation is 2. The summed E-state index contributed by atoms with van der Waals surface area (Å²) in [7, 11) is 0. The highest BCUT2D eigenvalue weighted by Crippen LogP contribution is 2.31. The van der Waals surface area contributed by atoms with Crippen molar-refractivity contribution in [2.45, 2.75) is 33.2 Å². The van der Waals surface area contributed by atoms with Crippen LogP contribution in [0.4, 0.5) is 11.5 Å². The van der Waals surface area contributed by atoms with Gasteiger partial charge in [-0.15, -0.1) is 11.3 Å². The Balaban J connectivity index is 1.62. The Morgan fingerprint density at radius 2 is 2.19 bits per heavy atom. The number of nitrogens with one attached hydrogen (secondary N) is 1. The van der Waals surface area contributed by atoms with Crippen LogP contribution >= 0.6 is 11.3 Å². The normalized spacial score (nSPS) is 14.2. The van der Waals surface area contributed by atoms with E-state index in [9.17, 15) is 0 Å². The molecule has 4 nitrogen and oxygen atoms in total. The molecule has 0 saturated heterocycles. The molecule has 21 heavy (non-hydrogen) atoms. The van der Waals surface area contributed by atoms with Crippen molar-refractivity contribution in [2.24, 2.45) is 5.92 Å². The van der Waals surface area contributed by atoms with Gasteiger partial charge in [-0.25, -0.2) is 0 Å². The maximum atomic E-state index is 5.91. The molecule has 1 saturated carbocycles. The minimum Gasteiger partial charge on any atom is -0.476 e. The van der Waals surface area contributed by atoms with E-state index >= 15 is 0 Å². The van der Waals surface area contributed by atoms with E-state index in [1.807, 2.05) is 23.5 Å². The maximum absolute atomic E-state index is 5.91. The Morgan fingerprint density at radius 3 is 2.86 bits per heavy atom. The second-order valence-corrected chi connectivity index (χ2v) is 6.99. The molecule has 0 atom stereocenters. The van der Waals surface area contributed by atoms with Crippen molar-refractivity contribution in [3.8, 4) is 5.88 Å². The van der Waals surface area contributed by atoms with Gasteiger partial charge in [0.05, 0.1) is 18.8 Å². The average Bonchev–Trinajstić information content (AvgIpc) is 3.23. The molecule has 112 valence electrons. The van der Waals surface area contributed by atoms with E-state index in [4.69, 9.17) is 10.5 Å². The lowest BCUT2D eigenvalue weighted by molar-refractivity contribution is 0.290. The zero-order chi connectivity index (χ0) is 14.8. The molecule has 0 bridgehead atoms. The molecule has 0 radical (unpaired) electrons. The molecule has 1 aliphatic rings. The molecule has 0 amide bonds. The first-order valence-electron chi connectivity index (χ1n) is 7.31. The Bertz CT molecular complexity index is 615. The molecule has 1 fully saturated rings. The van der Waals surface area contributed by atoms with Crippen LogP contribution in [0, 0.1) is 19.8 Å². The highest BCUT2D eigenvalue weighted by atomic mass is 32.1. The largest absolute Gasteiger partial charge is 0.476 e. The highest BCUT2D eigenvalue weighted by molar-refractivity contribution is 7.12. The quantitative estimate of drug-likeness (QED) is 0.853. The summed E-state index contributed by atoms with van der Waals surface area (Å²) < 4.78 is 5.70. The molecule has 1 aliphatic carbocycles. The predicted molar refractivity (Wildman–Crippen MR) is 88.0 cm³/mol. The number of nitrogen functional groups attached to an aromatic ring is 1. The lowest BCUT2D eigenvalue weighted by Gasteiger charge is -2.10. The van der Waals surface area contributed by atoms with E-state index < -0.39 is 0 Å². The second kappa shape index (κ2) is 5.93. The van der Waals surface area contributed by atoms with Crippen molar-refractivity contribution < 1.29 is 4.74 Å². The number of thiophene rings is 1. The van der Waals surface area contributed by atoms with E-state index in [1.165, 1.54) is 28.2 Å². The van der Waals surface area contributed by atoms with Gasteiger partial charge in [0.1, 0.15) is 5.82 Å². The van der Waals surface area contributed by atoms with Gasteiger partial charge in [-0.2, -0.15) is 4.98 Å². The zero-order valence-electron chi connectivity index (χ0n) is 12.5. The summed E-state index contributed by atoms with van der Waals surface area (Å²) in [5, 5.41) is 3.34. The van der Waals surface area contributed by atoms with Crippen LogP contribution in [0.25, 0.3) is 0 Å². The second-order valence-electron chi connectivity index (χ2n) is 5.65. The Labute approximate surface area is 129 Å². The van der Waals surface area contributed by atoms with E-state index in [1.54, 1.807) is 0 Å². The fourth-order valence-electron chi connectivity index (χ4n) is 2.06. The Kier molecular flexibility index (Phi) is 4.01. The van der Waals surface area contributed by atoms with Gasteiger partial charge in [-0.05, 0) is 56.4 Å². The van der Waals surface area contributed by atoms with Crippen LogP contribution in [0.5, 0.6) is 5.88 Å². The molecule has 3 rings (SSSR count). The predicted octanol–water partition coefficient (Wildman–Crippen LogP) is 3.74. The summed E-state index contributed by atoms with van der Waals surface area (Å²) in [4.78, 5) is 7.14. The molecule has 2 aromatic heterocycles. The molecule has 2 aromatic rings. The number of anilines is 2. The monoisotopic (exact) mass is 303 g/mol. The summed E-state index contributed by atoms with van der Waals surface area (Å²) in [5.41, 5.74) is 7.86. The zero-order valence-corrected chi connectivity index (χ0v) is 13.3. The first kappa shape index (κ1) is 14.2. The number of nitrogens with zero attached hydrogens (tertiary/aromatic N) is 1. The van der Waals surface area contributed by atoms with Crippen molar-refractivity contribution in [3.63, 3.8) is 0 Å². The van der Waals surface area contributed by atoms with Gasteiger partial charge in [-0.3, -0.25) is 0 Å². The first-order valence-corrected chi connectivity index (χ1v) is 8.12. The summed E-state index contributed by atoms with van der Waals surface area (Å²) in [6, 6.07) is 5.96. The van der Waals surface area contributed by atoms with Gasteiger partial charge in [0, 0.05) is 9.75 Å². The van der Waals surface area contributed by atoms with Gasteiger partial charge in [0.15, 0.2) is 0 Å². The van der Waals surface area contributed by atoms with Gasteiger partial charge < -0.3 is 15.8 Å². The Morgan fingerprint density at radius 1 is 1.38 bits per heavy atom. The number of ether oxygens (including phenoxy) is 1. The first-order chi connectivity index (χ1) is 10.1. The summed E-state index contributed by atoms with van der Waals surface area (Å²) in [5.74, 6) is 2.05. The van der Waals surface area contributed by atoms with Crippen LogP contribution in [-0.4, -0.2) is 11.6 Å². The van der Waals surface area contributed by atoms with E-state index in [0.717, 1.165) is 19.0 Å². The van der Waals surface area contributed by atoms with Crippen molar-refractivity contribution in [2.75, 3.05) is 17.7 Å². The fraction of sp³-hybridized carbons (Fsp3) is 0.438. The molecule has 0 unspecified atom stereocenters. The minimum atomic E-state index is 0.547. The van der Waals surface area contributed by atoms with Crippen molar-refractivity contribution >= 4 is 22.8 Å². The highest BCUT2D eigenvalue weighted by Gasteiger charge is 2.22. The summed E-state index contributed by atoms with van der Waals surface area (Å²) in [6.45, 7) is 5.79. The van der Waals surface area contributed by atoms with E-state index in [-0.39, 0.29) is 0 Å². The molecular formula is C16H21N3OS. The van der Waals surface area contributed by atoms with Crippen molar-refractivity contribution in [3.05, 3.63) is 33.5 Å². The third-order valence-electron chi connectivity index (χ3n) is 3.70. The molecule has 3 N–H and O–H groups in total. The fourth-order valence-corrected chi connectivity index (χ4v) is 3.05. The molecule has 0 spiro atoms. The van der Waals surface area contributed by atoms with Gasteiger partial charge in [0.2, 0.25) is 5.88 Å². The summed E-state index contributed by atoms with van der Waals surface area (Å²) in [6.07, 6.45) is 2.52. The smallest absolute Gasteiger partial charge is 0.239 e. The third kappa shape index (κ3) is 3.67. The van der Waals surface area contributed by atoms with Crippen LogP contribution in [0.1, 0.15) is 28.2 Å². The van der Waals surface area contributed by atoms with Crippen LogP contribution in [0.15, 0.2) is 18.2 Å². The number of aromatic nitrogens is 1. The summed E-state index contributed by atoms with van der Waals surface area (Å²) >= 11 is 1.82. The molecule has 2 heterocycles. The number of hydrogen-bond acceptors (Lipinski definition) is 5. The third-order valence-corrected chi connectivity index (χ3v) is 4.86. The van der Waals surface area contributed by atoms with Crippen molar-refractivity contribution in [1.29, 1.82) is 0 Å². The SMILES string of the molecule is Cc1cc(CNc2ccc(N)c(OCC3CC3)n2)sc1C. The van der Waals surface area contributed by atoms with Crippen LogP contribution in [0.3, 0.4) is 0 Å². The van der Waals surface area contributed by atoms with E-state index in [2.05, 4.69) is 30.2 Å². The lowest BCUT2D eigenvalue weighted by atomic mass is 10.3. The van der Waals surface area contributed by atoms with Crippen LogP contribution in [-0.2, 0) is 6.54 Å².